The molecular weight excluding hydrogens is 276 g/mol. The standard InChI is InChI=1S/C16H24N6/c1-9-10(2)13-14(17)20-16(21-15(13)18-11(9)3)19-12-5-7-22(4)8-6-12/h12H,5-8H2,1-4H3,(H3,17,18,19,20,21). The molecule has 1 fully saturated rings. The molecule has 1 aliphatic heterocycles. The van der Waals surface area contributed by atoms with E-state index in [-0.39, 0.29) is 0 Å². The van der Waals surface area contributed by atoms with Gasteiger partial charge in [-0.05, 0) is 64.9 Å². The average molecular weight is 300 g/mol. The average Bonchev–Trinajstić information content (AvgIpc) is 2.47. The van der Waals surface area contributed by atoms with Crippen molar-refractivity contribution < 1.29 is 0 Å². The molecule has 3 heterocycles. The predicted molar refractivity (Wildman–Crippen MR) is 90.1 cm³/mol. The molecule has 0 aliphatic carbocycles. The van der Waals surface area contributed by atoms with Crippen LogP contribution in [0.5, 0.6) is 0 Å². The molecule has 6 heteroatoms. The summed E-state index contributed by atoms with van der Waals surface area (Å²) < 4.78 is 0. The highest BCUT2D eigenvalue weighted by molar-refractivity contribution is 5.90. The molecule has 2 aromatic heterocycles. The van der Waals surface area contributed by atoms with E-state index >= 15 is 0 Å². The molecule has 0 aromatic carbocycles. The lowest BCUT2D eigenvalue weighted by atomic mass is 10.1. The zero-order chi connectivity index (χ0) is 15.9. The normalized spacial score (nSPS) is 17.1. The van der Waals surface area contributed by atoms with E-state index in [1.165, 1.54) is 0 Å². The number of fused-ring (bicyclic) bond motifs is 1. The zero-order valence-corrected chi connectivity index (χ0v) is 13.8. The third kappa shape index (κ3) is 2.70. The Bertz CT molecular complexity index is 704. The van der Waals surface area contributed by atoms with E-state index < -0.39 is 0 Å². The van der Waals surface area contributed by atoms with Crippen molar-refractivity contribution in [2.75, 3.05) is 31.2 Å². The number of nitrogen functional groups attached to an aromatic ring is 1. The minimum absolute atomic E-state index is 0.403. The Balaban J connectivity index is 1.94. The van der Waals surface area contributed by atoms with Crippen molar-refractivity contribution in [2.24, 2.45) is 0 Å². The molecule has 6 nitrogen and oxygen atoms in total. The van der Waals surface area contributed by atoms with Crippen molar-refractivity contribution in [2.45, 2.75) is 39.7 Å². The van der Waals surface area contributed by atoms with E-state index in [9.17, 15) is 0 Å². The summed E-state index contributed by atoms with van der Waals surface area (Å²) in [6.07, 6.45) is 2.19. The summed E-state index contributed by atoms with van der Waals surface area (Å²) in [5, 5.41) is 4.29. The molecule has 0 radical (unpaired) electrons. The molecule has 2 aromatic rings. The molecule has 0 bridgehead atoms. The van der Waals surface area contributed by atoms with Crippen LogP contribution in [0, 0.1) is 20.8 Å². The number of pyridine rings is 1. The number of hydrogen-bond acceptors (Lipinski definition) is 6. The van der Waals surface area contributed by atoms with Gasteiger partial charge in [0.1, 0.15) is 5.82 Å². The van der Waals surface area contributed by atoms with Crippen molar-refractivity contribution in [1.82, 2.24) is 19.9 Å². The fourth-order valence-corrected chi connectivity index (χ4v) is 3.01. The minimum atomic E-state index is 0.403. The Morgan fingerprint density at radius 2 is 1.73 bits per heavy atom. The van der Waals surface area contributed by atoms with E-state index in [0.717, 1.165) is 48.1 Å². The van der Waals surface area contributed by atoms with E-state index in [4.69, 9.17) is 5.73 Å². The summed E-state index contributed by atoms with van der Waals surface area (Å²) >= 11 is 0. The number of nitrogens with one attached hydrogen (secondary N) is 1. The topological polar surface area (TPSA) is 80.0 Å². The van der Waals surface area contributed by atoms with Gasteiger partial charge in [-0.2, -0.15) is 9.97 Å². The van der Waals surface area contributed by atoms with Gasteiger partial charge in [-0.15, -0.1) is 0 Å². The number of hydrogen-bond donors (Lipinski definition) is 2. The maximum absolute atomic E-state index is 6.16. The molecule has 0 atom stereocenters. The Labute approximate surface area is 131 Å². The summed E-state index contributed by atoms with van der Waals surface area (Å²) in [7, 11) is 2.15. The van der Waals surface area contributed by atoms with E-state index in [0.29, 0.717) is 23.5 Å². The van der Waals surface area contributed by atoms with Gasteiger partial charge in [-0.25, -0.2) is 4.98 Å². The fraction of sp³-hybridized carbons (Fsp3) is 0.562. The van der Waals surface area contributed by atoms with Gasteiger partial charge in [0.25, 0.3) is 0 Å². The Morgan fingerprint density at radius 3 is 2.41 bits per heavy atom. The Kier molecular flexibility index (Phi) is 3.87. The second-order valence-corrected chi connectivity index (χ2v) is 6.30. The van der Waals surface area contributed by atoms with Crippen LogP contribution in [0.3, 0.4) is 0 Å². The highest BCUT2D eigenvalue weighted by Gasteiger charge is 2.19. The molecule has 1 aliphatic rings. The predicted octanol–water partition coefficient (Wildman–Crippen LogP) is 2.04. The number of anilines is 2. The van der Waals surface area contributed by atoms with Crippen LogP contribution in [-0.2, 0) is 0 Å². The van der Waals surface area contributed by atoms with Crippen LogP contribution in [-0.4, -0.2) is 46.0 Å². The Morgan fingerprint density at radius 1 is 1.05 bits per heavy atom. The number of nitrogens with zero attached hydrogens (tertiary/aromatic N) is 4. The molecule has 0 amide bonds. The van der Waals surface area contributed by atoms with Gasteiger partial charge >= 0.3 is 0 Å². The van der Waals surface area contributed by atoms with Crippen LogP contribution >= 0.6 is 0 Å². The number of aromatic nitrogens is 3. The number of piperidine rings is 1. The van der Waals surface area contributed by atoms with Crippen LogP contribution < -0.4 is 11.1 Å². The first-order valence-corrected chi connectivity index (χ1v) is 7.82. The lowest BCUT2D eigenvalue weighted by Crippen LogP contribution is -2.37. The van der Waals surface area contributed by atoms with Gasteiger partial charge in [-0.1, -0.05) is 0 Å². The summed E-state index contributed by atoms with van der Waals surface area (Å²) in [4.78, 5) is 16.0. The van der Waals surface area contributed by atoms with Crippen LogP contribution in [0.1, 0.15) is 29.7 Å². The first-order chi connectivity index (χ1) is 10.5. The van der Waals surface area contributed by atoms with E-state index in [1.54, 1.807) is 0 Å². The lowest BCUT2D eigenvalue weighted by Gasteiger charge is -2.29. The van der Waals surface area contributed by atoms with Gasteiger partial charge in [0, 0.05) is 11.7 Å². The SMILES string of the molecule is Cc1nc2nc(NC3CCN(C)CC3)nc(N)c2c(C)c1C. The summed E-state index contributed by atoms with van der Waals surface area (Å²) in [6, 6.07) is 0.403. The Hall–Kier alpha value is -1.95. The molecule has 1 saturated heterocycles. The van der Waals surface area contributed by atoms with Crippen LogP contribution in [0.2, 0.25) is 0 Å². The smallest absolute Gasteiger partial charge is 0.226 e. The minimum Gasteiger partial charge on any atom is -0.383 e. The molecule has 0 unspecified atom stereocenters. The fourth-order valence-electron chi connectivity index (χ4n) is 3.01. The van der Waals surface area contributed by atoms with Gasteiger partial charge in [0.2, 0.25) is 5.95 Å². The van der Waals surface area contributed by atoms with Gasteiger partial charge in [0.15, 0.2) is 5.65 Å². The summed E-state index contributed by atoms with van der Waals surface area (Å²) in [5.41, 5.74) is 10.1. The number of likely N-dealkylation sites (tertiary alicyclic amines) is 1. The largest absolute Gasteiger partial charge is 0.383 e. The molecule has 0 spiro atoms. The second kappa shape index (κ2) is 5.68. The van der Waals surface area contributed by atoms with Crippen molar-refractivity contribution in [3.63, 3.8) is 0 Å². The van der Waals surface area contributed by atoms with Gasteiger partial charge in [-0.3, -0.25) is 0 Å². The lowest BCUT2D eigenvalue weighted by molar-refractivity contribution is 0.263. The molecule has 118 valence electrons. The number of nitrogens with two attached hydrogens (primary N) is 1. The van der Waals surface area contributed by atoms with Crippen LogP contribution in [0.25, 0.3) is 11.0 Å². The third-order valence-electron chi connectivity index (χ3n) is 4.72. The maximum Gasteiger partial charge on any atom is 0.226 e. The first kappa shape index (κ1) is 15.0. The monoisotopic (exact) mass is 300 g/mol. The summed E-state index contributed by atoms with van der Waals surface area (Å²) in [5.74, 6) is 1.10. The number of aryl methyl sites for hydroxylation is 2. The van der Waals surface area contributed by atoms with Crippen LogP contribution in [0.15, 0.2) is 0 Å². The molecule has 22 heavy (non-hydrogen) atoms. The third-order valence-corrected chi connectivity index (χ3v) is 4.72. The molecule has 3 N–H and O–H groups in total. The zero-order valence-electron chi connectivity index (χ0n) is 13.8. The second-order valence-electron chi connectivity index (χ2n) is 6.30. The van der Waals surface area contributed by atoms with Crippen molar-refractivity contribution in [3.8, 4) is 0 Å². The quantitative estimate of drug-likeness (QED) is 0.883. The van der Waals surface area contributed by atoms with Crippen molar-refractivity contribution in [1.29, 1.82) is 0 Å². The molecular formula is C16H24N6. The maximum atomic E-state index is 6.16. The van der Waals surface area contributed by atoms with Gasteiger partial charge < -0.3 is 16.0 Å². The van der Waals surface area contributed by atoms with Crippen molar-refractivity contribution >= 4 is 22.8 Å². The highest BCUT2D eigenvalue weighted by atomic mass is 15.2. The van der Waals surface area contributed by atoms with E-state index in [2.05, 4.69) is 46.1 Å². The van der Waals surface area contributed by atoms with Crippen molar-refractivity contribution in [3.05, 3.63) is 16.8 Å². The van der Waals surface area contributed by atoms with Crippen LogP contribution in [0.4, 0.5) is 11.8 Å². The highest BCUT2D eigenvalue weighted by Crippen LogP contribution is 2.26. The summed E-state index contributed by atoms with van der Waals surface area (Å²) in [6.45, 7) is 8.30. The van der Waals surface area contributed by atoms with Gasteiger partial charge in [0.05, 0.1) is 5.39 Å². The van der Waals surface area contributed by atoms with E-state index in [1.807, 2.05) is 6.92 Å². The first-order valence-electron chi connectivity index (χ1n) is 7.82. The molecule has 3 rings (SSSR count). The number of rotatable bonds is 2. The molecule has 0 saturated carbocycles.